The lowest BCUT2D eigenvalue weighted by Crippen LogP contribution is -2.28. The van der Waals surface area contributed by atoms with Crippen LogP contribution in [0.25, 0.3) is 0 Å². The summed E-state index contributed by atoms with van der Waals surface area (Å²) >= 11 is 0. The van der Waals surface area contributed by atoms with Crippen molar-refractivity contribution < 1.29 is 9.53 Å². The van der Waals surface area contributed by atoms with Crippen molar-refractivity contribution in [1.29, 1.82) is 0 Å². The minimum absolute atomic E-state index is 0.230. The molecule has 1 fully saturated rings. The first kappa shape index (κ1) is 7.38. The van der Waals surface area contributed by atoms with Gasteiger partial charge < -0.3 is 9.64 Å². The second-order valence-corrected chi connectivity index (χ2v) is 2.79. The summed E-state index contributed by atoms with van der Waals surface area (Å²) in [6.45, 7) is 0.854. The van der Waals surface area contributed by atoms with Crippen molar-refractivity contribution in [3.05, 3.63) is 0 Å². The molecule has 0 atom stereocenters. The van der Waals surface area contributed by atoms with E-state index in [-0.39, 0.29) is 6.09 Å². The molecular weight excluding hydrogens is 130 g/mol. The zero-order valence-electron chi connectivity index (χ0n) is 6.46. The highest BCUT2D eigenvalue weighted by molar-refractivity contribution is 5.66. The van der Waals surface area contributed by atoms with Crippen LogP contribution in [0.4, 0.5) is 4.79 Å². The first-order valence-electron chi connectivity index (χ1n) is 3.53. The van der Waals surface area contributed by atoms with Gasteiger partial charge in [0.25, 0.3) is 0 Å². The third-order valence-electron chi connectivity index (χ3n) is 1.72. The normalized spacial score (nSPS) is 16.6. The number of carbonyl (C=O) groups is 1. The number of amides is 1. The van der Waals surface area contributed by atoms with Crippen LogP contribution in [0.15, 0.2) is 0 Å². The van der Waals surface area contributed by atoms with Gasteiger partial charge in [-0.05, 0) is 18.8 Å². The first-order chi connectivity index (χ1) is 4.74. The minimum atomic E-state index is -0.230. The maximum absolute atomic E-state index is 10.8. The van der Waals surface area contributed by atoms with Crippen LogP contribution >= 0.6 is 0 Å². The molecule has 0 aliphatic heterocycles. The van der Waals surface area contributed by atoms with Crippen molar-refractivity contribution in [3.63, 3.8) is 0 Å². The molecule has 3 heteroatoms. The van der Waals surface area contributed by atoms with Gasteiger partial charge in [-0.2, -0.15) is 0 Å². The molecule has 1 rings (SSSR count). The molecule has 0 N–H and O–H groups in total. The number of rotatable bonds is 2. The molecule has 0 heterocycles. The van der Waals surface area contributed by atoms with Crippen molar-refractivity contribution in [3.8, 4) is 0 Å². The van der Waals surface area contributed by atoms with E-state index in [0.717, 1.165) is 12.5 Å². The van der Waals surface area contributed by atoms with Gasteiger partial charge in [-0.15, -0.1) is 0 Å². The standard InChI is InChI=1S/C7H13NO2/c1-8(7(9)10-2)5-6-3-4-6/h6H,3-5H2,1-2H3. The number of hydrogen-bond donors (Lipinski definition) is 0. The molecule has 0 aromatic rings. The fourth-order valence-corrected chi connectivity index (χ4v) is 0.918. The third-order valence-corrected chi connectivity index (χ3v) is 1.72. The Morgan fingerprint density at radius 2 is 2.30 bits per heavy atom. The molecule has 3 nitrogen and oxygen atoms in total. The van der Waals surface area contributed by atoms with Gasteiger partial charge in [-0.25, -0.2) is 4.79 Å². The molecule has 1 saturated carbocycles. The van der Waals surface area contributed by atoms with E-state index < -0.39 is 0 Å². The molecule has 0 spiro atoms. The Hall–Kier alpha value is -0.730. The number of nitrogens with zero attached hydrogens (tertiary/aromatic N) is 1. The van der Waals surface area contributed by atoms with Gasteiger partial charge in [0.1, 0.15) is 0 Å². The van der Waals surface area contributed by atoms with Gasteiger partial charge in [0.05, 0.1) is 7.11 Å². The van der Waals surface area contributed by atoms with Gasteiger partial charge in [0.2, 0.25) is 0 Å². The van der Waals surface area contributed by atoms with E-state index in [1.165, 1.54) is 20.0 Å². The highest BCUT2D eigenvalue weighted by Gasteiger charge is 2.24. The van der Waals surface area contributed by atoms with E-state index in [9.17, 15) is 4.79 Å². The highest BCUT2D eigenvalue weighted by atomic mass is 16.5. The number of methoxy groups -OCH3 is 1. The maximum Gasteiger partial charge on any atom is 0.409 e. The van der Waals surface area contributed by atoms with E-state index in [2.05, 4.69) is 4.74 Å². The molecule has 0 radical (unpaired) electrons. The highest BCUT2D eigenvalue weighted by Crippen LogP contribution is 2.29. The topological polar surface area (TPSA) is 29.5 Å². The van der Waals surface area contributed by atoms with Gasteiger partial charge in [-0.3, -0.25) is 0 Å². The van der Waals surface area contributed by atoms with Crippen molar-refractivity contribution >= 4 is 6.09 Å². The molecule has 1 aliphatic rings. The molecule has 0 bridgehead atoms. The summed E-state index contributed by atoms with van der Waals surface area (Å²) in [6.07, 6.45) is 2.30. The van der Waals surface area contributed by atoms with Crippen LogP contribution in [-0.2, 0) is 4.74 Å². The van der Waals surface area contributed by atoms with Crippen LogP contribution < -0.4 is 0 Å². The maximum atomic E-state index is 10.8. The molecule has 10 heavy (non-hydrogen) atoms. The Balaban J connectivity index is 2.18. The van der Waals surface area contributed by atoms with Crippen molar-refractivity contribution in [1.82, 2.24) is 4.90 Å². The summed E-state index contributed by atoms with van der Waals surface area (Å²) in [5.41, 5.74) is 0. The Morgan fingerprint density at radius 1 is 1.70 bits per heavy atom. The largest absolute Gasteiger partial charge is 0.453 e. The number of ether oxygens (including phenoxy) is 1. The summed E-state index contributed by atoms with van der Waals surface area (Å²) in [4.78, 5) is 12.4. The van der Waals surface area contributed by atoms with Crippen LogP contribution in [0.3, 0.4) is 0 Å². The summed E-state index contributed by atoms with van der Waals surface area (Å²) in [6, 6.07) is 0. The van der Waals surface area contributed by atoms with Crippen LogP contribution in [0.5, 0.6) is 0 Å². The fourth-order valence-electron chi connectivity index (χ4n) is 0.918. The average molecular weight is 143 g/mol. The first-order valence-corrected chi connectivity index (χ1v) is 3.53. The van der Waals surface area contributed by atoms with E-state index in [1.807, 2.05) is 0 Å². The quantitative estimate of drug-likeness (QED) is 0.579. The van der Waals surface area contributed by atoms with Crippen molar-refractivity contribution in [2.45, 2.75) is 12.8 Å². The summed E-state index contributed by atoms with van der Waals surface area (Å²) in [7, 11) is 3.18. The van der Waals surface area contributed by atoms with Gasteiger partial charge in [0, 0.05) is 13.6 Å². The summed E-state index contributed by atoms with van der Waals surface area (Å²) < 4.78 is 4.53. The molecule has 1 aliphatic carbocycles. The zero-order chi connectivity index (χ0) is 7.56. The molecule has 1 amide bonds. The van der Waals surface area contributed by atoms with Crippen molar-refractivity contribution in [2.24, 2.45) is 5.92 Å². The molecule has 0 unspecified atom stereocenters. The number of hydrogen-bond acceptors (Lipinski definition) is 2. The van der Waals surface area contributed by atoms with Gasteiger partial charge >= 0.3 is 6.09 Å². The summed E-state index contributed by atoms with van der Waals surface area (Å²) in [5.74, 6) is 0.740. The predicted octanol–water partition coefficient (Wildman–Crippen LogP) is 1.09. The molecule has 58 valence electrons. The van der Waals surface area contributed by atoms with Crippen LogP contribution in [0.1, 0.15) is 12.8 Å². The van der Waals surface area contributed by atoms with Gasteiger partial charge in [-0.1, -0.05) is 0 Å². The Bertz CT molecular complexity index is 132. The number of carbonyl (C=O) groups excluding carboxylic acids is 1. The lowest BCUT2D eigenvalue weighted by atomic mass is 10.4. The van der Waals surface area contributed by atoms with Gasteiger partial charge in [0.15, 0.2) is 0 Å². The fraction of sp³-hybridized carbons (Fsp3) is 0.857. The Morgan fingerprint density at radius 3 is 2.70 bits per heavy atom. The second kappa shape index (κ2) is 2.90. The predicted molar refractivity (Wildman–Crippen MR) is 37.8 cm³/mol. The Labute approximate surface area is 61.0 Å². The minimum Gasteiger partial charge on any atom is -0.453 e. The monoisotopic (exact) mass is 143 g/mol. The molecule has 0 aromatic carbocycles. The smallest absolute Gasteiger partial charge is 0.409 e. The molecule has 0 saturated heterocycles. The van der Waals surface area contributed by atoms with E-state index in [4.69, 9.17) is 0 Å². The van der Waals surface area contributed by atoms with Crippen molar-refractivity contribution in [2.75, 3.05) is 20.7 Å². The third kappa shape index (κ3) is 1.90. The van der Waals surface area contributed by atoms with E-state index in [0.29, 0.717) is 0 Å². The second-order valence-electron chi connectivity index (χ2n) is 2.79. The SMILES string of the molecule is COC(=O)N(C)CC1CC1. The lowest BCUT2D eigenvalue weighted by Gasteiger charge is -2.13. The molecule has 0 aromatic heterocycles. The molecular formula is C7H13NO2. The van der Waals surface area contributed by atoms with Crippen LogP contribution in [0.2, 0.25) is 0 Å². The zero-order valence-corrected chi connectivity index (χ0v) is 6.46. The summed E-state index contributed by atoms with van der Waals surface area (Å²) in [5, 5.41) is 0. The van der Waals surface area contributed by atoms with Crippen LogP contribution in [-0.4, -0.2) is 31.7 Å². The van der Waals surface area contributed by atoms with Crippen LogP contribution in [0, 0.1) is 5.92 Å². The Kier molecular flexibility index (Phi) is 2.14. The van der Waals surface area contributed by atoms with E-state index in [1.54, 1.807) is 11.9 Å². The lowest BCUT2D eigenvalue weighted by molar-refractivity contribution is 0.132. The average Bonchev–Trinajstić information content (AvgIpc) is 2.70. The van der Waals surface area contributed by atoms with E-state index >= 15 is 0 Å².